The zero-order valence-corrected chi connectivity index (χ0v) is 22.3. The maximum Gasteiger partial charge on any atom is 0.418 e. The van der Waals surface area contributed by atoms with Crippen LogP contribution in [0.15, 0.2) is 42.5 Å². The van der Waals surface area contributed by atoms with Crippen molar-refractivity contribution in [2.75, 3.05) is 42.1 Å². The summed E-state index contributed by atoms with van der Waals surface area (Å²) in [6.45, 7) is 4.48. The molecule has 0 aromatic heterocycles. The molecule has 12 heteroatoms. The van der Waals surface area contributed by atoms with E-state index >= 15 is 0 Å². The van der Waals surface area contributed by atoms with Crippen molar-refractivity contribution in [2.45, 2.75) is 63.2 Å². The SMILES string of the molecule is CC(OC1CCC(Nc2ccc(N)c(C(F)(F)F)c2)CC1)C(=S)N1CCN(c2ccc(C(F)(F)F)cc2)CC1. The van der Waals surface area contributed by atoms with E-state index in [9.17, 15) is 26.3 Å². The van der Waals surface area contributed by atoms with Gasteiger partial charge in [-0.15, -0.1) is 0 Å². The summed E-state index contributed by atoms with van der Waals surface area (Å²) >= 11 is 5.68. The minimum atomic E-state index is -4.50. The molecule has 2 aromatic rings. The molecule has 214 valence electrons. The van der Waals surface area contributed by atoms with Crippen LogP contribution in [0, 0.1) is 0 Å². The van der Waals surface area contributed by atoms with Crippen molar-refractivity contribution >= 4 is 34.3 Å². The van der Waals surface area contributed by atoms with Gasteiger partial charge in [-0.25, -0.2) is 0 Å². The van der Waals surface area contributed by atoms with Crippen molar-refractivity contribution in [3.63, 3.8) is 0 Å². The number of alkyl halides is 6. The normalized spacial score (nSPS) is 21.5. The van der Waals surface area contributed by atoms with Gasteiger partial charge in [0, 0.05) is 49.3 Å². The van der Waals surface area contributed by atoms with E-state index in [-0.39, 0.29) is 23.9 Å². The maximum atomic E-state index is 13.2. The molecule has 1 heterocycles. The first-order valence-corrected chi connectivity index (χ1v) is 13.3. The van der Waals surface area contributed by atoms with Crippen LogP contribution in [0.5, 0.6) is 0 Å². The lowest BCUT2D eigenvalue weighted by Gasteiger charge is -2.39. The number of ether oxygens (including phenoxy) is 1. The van der Waals surface area contributed by atoms with Crippen LogP contribution < -0.4 is 16.0 Å². The zero-order chi connectivity index (χ0) is 28.4. The molecule has 1 saturated heterocycles. The van der Waals surface area contributed by atoms with Crippen molar-refractivity contribution in [3.8, 4) is 0 Å². The van der Waals surface area contributed by atoms with Crippen LogP contribution in [0.25, 0.3) is 0 Å². The Morgan fingerprint density at radius 1 is 0.923 bits per heavy atom. The summed E-state index contributed by atoms with van der Waals surface area (Å²) in [5, 5.41) is 3.19. The molecule has 1 unspecified atom stereocenters. The Bertz CT molecular complexity index is 1120. The Morgan fingerprint density at radius 2 is 1.54 bits per heavy atom. The molecule has 0 spiro atoms. The van der Waals surface area contributed by atoms with E-state index in [1.54, 1.807) is 6.07 Å². The third-order valence-electron chi connectivity index (χ3n) is 7.30. The number of thiocarbonyl (C=S) groups is 1. The minimum Gasteiger partial charge on any atom is -0.398 e. The minimum absolute atomic E-state index is 0.00147. The summed E-state index contributed by atoms with van der Waals surface area (Å²) < 4.78 is 84.2. The van der Waals surface area contributed by atoms with Crippen molar-refractivity contribution in [3.05, 3.63) is 53.6 Å². The van der Waals surface area contributed by atoms with Gasteiger partial charge < -0.3 is 25.6 Å². The maximum absolute atomic E-state index is 13.2. The van der Waals surface area contributed by atoms with E-state index in [0.29, 0.717) is 36.9 Å². The fourth-order valence-electron chi connectivity index (χ4n) is 5.12. The number of halogens is 6. The largest absolute Gasteiger partial charge is 0.418 e. The number of benzene rings is 2. The van der Waals surface area contributed by atoms with Gasteiger partial charge in [-0.3, -0.25) is 0 Å². The van der Waals surface area contributed by atoms with Crippen molar-refractivity contribution in [1.29, 1.82) is 0 Å². The van der Waals surface area contributed by atoms with Crippen LogP contribution in [-0.2, 0) is 17.1 Å². The number of nitrogens with one attached hydrogen (secondary N) is 1. The van der Waals surface area contributed by atoms with E-state index in [1.165, 1.54) is 18.2 Å². The smallest absolute Gasteiger partial charge is 0.398 e. The predicted octanol–water partition coefficient (Wildman–Crippen LogP) is 6.58. The number of nitrogens with two attached hydrogens (primary N) is 1. The second-order valence-corrected chi connectivity index (χ2v) is 10.5. The molecule has 5 nitrogen and oxygen atoms in total. The molecule has 1 saturated carbocycles. The Kier molecular flexibility index (Phi) is 8.85. The monoisotopic (exact) mass is 574 g/mol. The standard InChI is InChI=1S/C27H32F6N4OS/c1-17(25(39)37-14-12-36(13-15-37)21-7-2-18(3-8-21)26(28,29)30)38-22-9-4-19(5-10-22)35-20-6-11-24(34)23(16-20)27(31,32)33/h2-3,6-8,11,16-17,19,22,35H,4-5,9-10,12-15,34H2,1H3. The highest BCUT2D eigenvalue weighted by atomic mass is 32.1. The van der Waals surface area contributed by atoms with Gasteiger partial charge in [-0.1, -0.05) is 12.2 Å². The summed E-state index contributed by atoms with van der Waals surface area (Å²) in [4.78, 5) is 4.81. The summed E-state index contributed by atoms with van der Waals surface area (Å²) in [5.41, 5.74) is 4.83. The summed E-state index contributed by atoms with van der Waals surface area (Å²) in [5.74, 6) is 0. The summed E-state index contributed by atoms with van der Waals surface area (Å²) in [7, 11) is 0. The molecule has 2 aliphatic rings. The molecule has 2 fully saturated rings. The van der Waals surface area contributed by atoms with E-state index in [4.69, 9.17) is 22.7 Å². The van der Waals surface area contributed by atoms with Crippen molar-refractivity contribution in [1.82, 2.24) is 4.90 Å². The van der Waals surface area contributed by atoms with Crippen molar-refractivity contribution < 1.29 is 31.1 Å². The van der Waals surface area contributed by atoms with Gasteiger partial charge in [0.25, 0.3) is 0 Å². The molecular formula is C27H32F6N4OS. The fourth-order valence-corrected chi connectivity index (χ4v) is 5.36. The van der Waals surface area contributed by atoms with E-state index in [0.717, 1.165) is 49.6 Å². The Labute approximate surface area is 229 Å². The molecule has 3 N–H and O–H groups in total. The van der Waals surface area contributed by atoms with E-state index in [1.807, 2.05) is 11.8 Å². The number of hydrogen-bond donors (Lipinski definition) is 2. The summed E-state index contributed by atoms with van der Waals surface area (Å²) in [6, 6.07) is 9.11. The van der Waals surface area contributed by atoms with Crippen LogP contribution >= 0.6 is 12.2 Å². The van der Waals surface area contributed by atoms with E-state index < -0.39 is 23.5 Å². The molecule has 1 aliphatic heterocycles. The van der Waals surface area contributed by atoms with Gasteiger partial charge >= 0.3 is 12.4 Å². The first kappa shape index (κ1) is 29.3. The Morgan fingerprint density at radius 3 is 2.10 bits per heavy atom. The average molecular weight is 575 g/mol. The molecule has 0 amide bonds. The van der Waals surface area contributed by atoms with Crippen molar-refractivity contribution in [2.24, 2.45) is 0 Å². The van der Waals surface area contributed by atoms with Gasteiger partial charge in [0.05, 0.1) is 17.2 Å². The molecule has 39 heavy (non-hydrogen) atoms. The summed E-state index contributed by atoms with van der Waals surface area (Å²) in [6.07, 6.45) is -6.12. The quantitative estimate of drug-likeness (QED) is 0.231. The highest BCUT2D eigenvalue weighted by Gasteiger charge is 2.34. The lowest BCUT2D eigenvalue weighted by molar-refractivity contribution is -0.138. The second-order valence-electron chi connectivity index (χ2n) is 10.1. The highest BCUT2D eigenvalue weighted by molar-refractivity contribution is 7.80. The number of nitrogens with zero attached hydrogens (tertiary/aromatic N) is 2. The van der Waals surface area contributed by atoms with Gasteiger partial charge in [-0.05, 0) is 75.1 Å². The molecule has 0 bridgehead atoms. The average Bonchev–Trinajstić information content (AvgIpc) is 2.89. The second kappa shape index (κ2) is 11.8. The van der Waals surface area contributed by atoms with Gasteiger partial charge in [0.15, 0.2) is 0 Å². The van der Waals surface area contributed by atoms with Crippen LogP contribution in [0.2, 0.25) is 0 Å². The molecule has 2 aromatic carbocycles. The number of anilines is 3. The third kappa shape index (κ3) is 7.47. The molecule has 0 radical (unpaired) electrons. The van der Waals surface area contributed by atoms with E-state index in [2.05, 4.69) is 10.2 Å². The van der Waals surface area contributed by atoms with Gasteiger partial charge in [-0.2, -0.15) is 26.3 Å². The van der Waals surface area contributed by atoms with Crippen LogP contribution in [0.1, 0.15) is 43.7 Å². The highest BCUT2D eigenvalue weighted by Crippen LogP contribution is 2.36. The first-order chi connectivity index (χ1) is 18.3. The van der Waals surface area contributed by atoms with Gasteiger partial charge in [0.2, 0.25) is 0 Å². The third-order valence-corrected chi connectivity index (χ3v) is 7.89. The molecular weight excluding hydrogens is 542 g/mol. The van der Waals surface area contributed by atoms with Crippen LogP contribution in [-0.4, -0.2) is 54.3 Å². The fraction of sp³-hybridized carbons (Fsp3) is 0.519. The topological polar surface area (TPSA) is 53.8 Å². The first-order valence-electron chi connectivity index (χ1n) is 12.9. The molecule has 1 atom stereocenters. The predicted molar refractivity (Wildman–Crippen MR) is 144 cm³/mol. The lowest BCUT2D eigenvalue weighted by Crippen LogP contribution is -2.51. The lowest BCUT2D eigenvalue weighted by atomic mass is 9.92. The number of nitrogen functional groups attached to an aromatic ring is 1. The Hall–Kier alpha value is -2.73. The number of piperazine rings is 1. The van der Waals surface area contributed by atoms with Gasteiger partial charge in [0.1, 0.15) is 11.1 Å². The van der Waals surface area contributed by atoms with Crippen LogP contribution in [0.4, 0.5) is 43.4 Å². The molecule has 1 aliphatic carbocycles. The van der Waals surface area contributed by atoms with Crippen LogP contribution in [0.3, 0.4) is 0 Å². The number of rotatable bonds is 6. The Balaban J connectivity index is 1.21. The number of hydrogen-bond acceptors (Lipinski definition) is 5. The molecule has 4 rings (SSSR count). The zero-order valence-electron chi connectivity index (χ0n) is 21.5.